The van der Waals surface area contributed by atoms with Crippen LogP contribution in [0.3, 0.4) is 0 Å². The largest absolute Gasteiger partial charge is 0.463 e. The molecule has 1 atom stereocenters. The van der Waals surface area contributed by atoms with Crippen LogP contribution in [0.1, 0.15) is 18.5 Å². The number of urea groups is 1. The Morgan fingerprint density at radius 2 is 2.03 bits per heavy atom. The highest BCUT2D eigenvalue weighted by molar-refractivity contribution is 7.99. The van der Waals surface area contributed by atoms with E-state index in [2.05, 4.69) is 15.6 Å². The first kappa shape index (κ1) is 22.4. The summed E-state index contributed by atoms with van der Waals surface area (Å²) in [6, 6.07) is 7.53. The van der Waals surface area contributed by atoms with Crippen molar-refractivity contribution in [1.82, 2.24) is 20.2 Å². The van der Waals surface area contributed by atoms with Gasteiger partial charge in [0.05, 0.1) is 23.7 Å². The molecule has 2 amide bonds. The second kappa shape index (κ2) is 9.35. The molecule has 0 saturated carbocycles. The number of nitrogens with one attached hydrogen (secondary N) is 2. The molecule has 1 aliphatic rings. The van der Waals surface area contributed by atoms with Crippen molar-refractivity contribution < 1.29 is 14.3 Å². The zero-order chi connectivity index (χ0) is 22.8. The molecular weight excluding hydrogens is 472 g/mol. The number of hydrogen-bond donors (Lipinski definition) is 2. The molecule has 2 N–H and O–H groups in total. The molecule has 0 aliphatic carbocycles. The van der Waals surface area contributed by atoms with Crippen LogP contribution in [-0.4, -0.2) is 33.9 Å². The SMILES string of the molecule is CCOC(=O)C1=C(CSc2nc3ccsc3c(=O)n2C)NC(=O)NC1c1ccc(Cl)cc1. The Balaban J connectivity index is 1.72. The molecule has 0 radical (unpaired) electrons. The Labute approximate surface area is 196 Å². The molecular formula is C21H19ClN4O4S2. The van der Waals surface area contributed by atoms with Crippen LogP contribution in [0.5, 0.6) is 0 Å². The van der Waals surface area contributed by atoms with Gasteiger partial charge in [-0.15, -0.1) is 11.3 Å². The number of thiophene rings is 1. The number of nitrogens with zero attached hydrogens (tertiary/aromatic N) is 2. The Hall–Kier alpha value is -2.82. The first-order chi connectivity index (χ1) is 15.4. The normalized spacial score (nSPS) is 16.1. The summed E-state index contributed by atoms with van der Waals surface area (Å²) in [4.78, 5) is 42.4. The van der Waals surface area contributed by atoms with Gasteiger partial charge in [-0.25, -0.2) is 14.6 Å². The monoisotopic (exact) mass is 490 g/mol. The molecule has 1 aliphatic heterocycles. The van der Waals surface area contributed by atoms with Crippen molar-refractivity contribution in [1.29, 1.82) is 0 Å². The number of rotatable bonds is 6. The van der Waals surface area contributed by atoms with Crippen LogP contribution < -0.4 is 16.2 Å². The molecule has 32 heavy (non-hydrogen) atoms. The zero-order valence-electron chi connectivity index (χ0n) is 17.2. The number of thioether (sulfide) groups is 1. The van der Waals surface area contributed by atoms with Gasteiger partial charge in [-0.3, -0.25) is 9.36 Å². The molecule has 1 unspecified atom stereocenters. The first-order valence-corrected chi connectivity index (χ1v) is 11.9. The van der Waals surface area contributed by atoms with Crippen LogP contribution in [0.2, 0.25) is 5.02 Å². The fraction of sp³-hybridized carbons (Fsp3) is 0.238. The molecule has 0 spiro atoms. The van der Waals surface area contributed by atoms with Crippen molar-refractivity contribution in [3.8, 4) is 0 Å². The van der Waals surface area contributed by atoms with Gasteiger partial charge in [0.2, 0.25) is 0 Å². The van der Waals surface area contributed by atoms with E-state index in [-0.39, 0.29) is 17.9 Å². The van der Waals surface area contributed by atoms with Crippen LogP contribution in [0.4, 0.5) is 4.79 Å². The average Bonchev–Trinajstić information content (AvgIpc) is 3.24. The second-order valence-electron chi connectivity index (χ2n) is 6.88. The van der Waals surface area contributed by atoms with Crippen LogP contribution in [0, 0.1) is 0 Å². The lowest BCUT2D eigenvalue weighted by Crippen LogP contribution is -2.46. The lowest BCUT2D eigenvalue weighted by molar-refractivity contribution is -0.139. The topological polar surface area (TPSA) is 102 Å². The first-order valence-electron chi connectivity index (χ1n) is 9.69. The van der Waals surface area contributed by atoms with Gasteiger partial charge in [0.15, 0.2) is 5.16 Å². The number of amides is 2. The van der Waals surface area contributed by atoms with Crippen molar-refractivity contribution in [2.75, 3.05) is 12.4 Å². The van der Waals surface area contributed by atoms with Gasteiger partial charge in [-0.1, -0.05) is 35.5 Å². The van der Waals surface area contributed by atoms with Crippen molar-refractivity contribution in [3.63, 3.8) is 0 Å². The summed E-state index contributed by atoms with van der Waals surface area (Å²) >= 11 is 8.59. The fourth-order valence-electron chi connectivity index (χ4n) is 3.32. The van der Waals surface area contributed by atoms with Gasteiger partial charge >= 0.3 is 12.0 Å². The van der Waals surface area contributed by atoms with Gasteiger partial charge in [0.25, 0.3) is 5.56 Å². The summed E-state index contributed by atoms with van der Waals surface area (Å²) in [6.07, 6.45) is 0. The Kier molecular flexibility index (Phi) is 6.54. The summed E-state index contributed by atoms with van der Waals surface area (Å²) in [5.74, 6) is -0.327. The predicted molar refractivity (Wildman–Crippen MR) is 125 cm³/mol. The average molecular weight is 491 g/mol. The molecule has 166 valence electrons. The third-order valence-electron chi connectivity index (χ3n) is 4.84. The van der Waals surface area contributed by atoms with Crippen LogP contribution in [0.25, 0.3) is 10.2 Å². The van der Waals surface area contributed by atoms with Gasteiger partial charge < -0.3 is 15.4 Å². The maximum Gasteiger partial charge on any atom is 0.338 e. The van der Waals surface area contributed by atoms with E-state index in [1.807, 2.05) is 5.38 Å². The standard InChI is InChI=1S/C21H19ClN4O4S2/c1-3-30-19(28)15-14(23-20(29)25-16(15)11-4-6-12(22)7-5-11)10-32-21-24-13-8-9-31-17(13)18(27)26(21)2/h4-9,16H,3,10H2,1-2H3,(H2,23,25,29). The summed E-state index contributed by atoms with van der Waals surface area (Å²) in [7, 11) is 1.65. The highest BCUT2D eigenvalue weighted by atomic mass is 35.5. The summed E-state index contributed by atoms with van der Waals surface area (Å²) in [5.41, 5.74) is 1.87. The quantitative estimate of drug-likeness (QED) is 0.311. The number of halogens is 1. The van der Waals surface area contributed by atoms with Crippen molar-refractivity contribution >= 4 is 56.9 Å². The third-order valence-corrected chi connectivity index (χ3v) is 7.04. The van der Waals surface area contributed by atoms with Crippen LogP contribution >= 0.6 is 34.7 Å². The Morgan fingerprint density at radius 1 is 1.28 bits per heavy atom. The van der Waals surface area contributed by atoms with E-state index in [0.29, 0.717) is 37.2 Å². The fourth-order valence-corrected chi connectivity index (χ4v) is 5.19. The number of fused-ring (bicyclic) bond motifs is 1. The number of benzene rings is 1. The molecule has 0 fully saturated rings. The van der Waals surface area contributed by atoms with E-state index in [4.69, 9.17) is 16.3 Å². The highest BCUT2D eigenvalue weighted by Crippen LogP contribution is 2.31. The van der Waals surface area contributed by atoms with E-state index in [0.717, 1.165) is 0 Å². The van der Waals surface area contributed by atoms with E-state index in [9.17, 15) is 14.4 Å². The molecule has 4 rings (SSSR count). The van der Waals surface area contributed by atoms with Crippen LogP contribution in [-0.2, 0) is 16.6 Å². The maximum absolute atomic E-state index is 12.9. The second-order valence-corrected chi connectivity index (χ2v) is 9.17. The highest BCUT2D eigenvalue weighted by Gasteiger charge is 2.33. The summed E-state index contributed by atoms with van der Waals surface area (Å²) < 4.78 is 7.32. The number of aromatic nitrogens is 2. The molecule has 0 bridgehead atoms. The summed E-state index contributed by atoms with van der Waals surface area (Å²) in [5, 5.41) is 8.34. The number of carbonyl (C=O) groups is 2. The number of carbonyl (C=O) groups excluding carboxylic acids is 2. The molecule has 8 nitrogen and oxygen atoms in total. The van der Waals surface area contributed by atoms with E-state index >= 15 is 0 Å². The molecule has 11 heteroatoms. The lowest BCUT2D eigenvalue weighted by atomic mass is 9.95. The van der Waals surface area contributed by atoms with Gasteiger partial charge in [-0.05, 0) is 36.1 Å². The number of esters is 1. The molecule has 0 saturated heterocycles. The minimum absolute atomic E-state index is 0.138. The van der Waals surface area contributed by atoms with Crippen LogP contribution in [0.15, 0.2) is 56.9 Å². The van der Waals surface area contributed by atoms with Crippen molar-refractivity contribution in [2.45, 2.75) is 18.1 Å². The molecule has 1 aromatic carbocycles. The third kappa shape index (κ3) is 4.38. The van der Waals surface area contributed by atoms with Gasteiger partial charge in [0, 0.05) is 23.5 Å². The smallest absolute Gasteiger partial charge is 0.338 e. The summed E-state index contributed by atoms with van der Waals surface area (Å²) in [6.45, 7) is 1.91. The Morgan fingerprint density at radius 3 is 2.75 bits per heavy atom. The lowest BCUT2D eigenvalue weighted by Gasteiger charge is -2.29. The minimum Gasteiger partial charge on any atom is -0.463 e. The number of ether oxygens (including phenoxy) is 1. The minimum atomic E-state index is -0.702. The Bertz CT molecular complexity index is 1280. The molecule has 3 aromatic rings. The molecule has 3 heterocycles. The van der Waals surface area contributed by atoms with Crippen molar-refractivity contribution in [2.24, 2.45) is 7.05 Å². The van der Waals surface area contributed by atoms with E-state index in [1.165, 1.54) is 27.7 Å². The van der Waals surface area contributed by atoms with Crippen molar-refractivity contribution in [3.05, 3.63) is 67.9 Å². The molecule has 2 aromatic heterocycles. The van der Waals surface area contributed by atoms with E-state index in [1.54, 1.807) is 44.3 Å². The van der Waals surface area contributed by atoms with Gasteiger partial charge in [-0.2, -0.15) is 0 Å². The van der Waals surface area contributed by atoms with Gasteiger partial charge in [0.1, 0.15) is 4.70 Å². The number of hydrogen-bond acceptors (Lipinski definition) is 7. The zero-order valence-corrected chi connectivity index (χ0v) is 19.6. The maximum atomic E-state index is 12.9. The van der Waals surface area contributed by atoms with E-state index < -0.39 is 18.0 Å². The predicted octanol–water partition coefficient (Wildman–Crippen LogP) is 3.61.